The number of hydrogen-bond acceptors (Lipinski definition) is 4. The zero-order valence-corrected chi connectivity index (χ0v) is 16.0. The van der Waals surface area contributed by atoms with E-state index in [1.807, 2.05) is 18.8 Å². The largest absolute Gasteiger partial charge is 0.376 e. The van der Waals surface area contributed by atoms with Crippen LogP contribution in [0.1, 0.15) is 36.0 Å². The van der Waals surface area contributed by atoms with Gasteiger partial charge in [0.05, 0.1) is 6.10 Å². The fraction of sp³-hybridized carbons (Fsp3) is 0.579. The van der Waals surface area contributed by atoms with Gasteiger partial charge in [0.1, 0.15) is 0 Å². The molecule has 0 aromatic heterocycles. The Kier molecular flexibility index (Phi) is 6.80. The van der Waals surface area contributed by atoms with Gasteiger partial charge in [0, 0.05) is 37.5 Å². The molecule has 0 aliphatic carbocycles. The van der Waals surface area contributed by atoms with Crippen molar-refractivity contribution in [1.82, 2.24) is 10.2 Å². The summed E-state index contributed by atoms with van der Waals surface area (Å²) in [5.74, 6) is 2.10. The highest BCUT2D eigenvalue weighted by atomic mass is 32.2. The molecule has 2 N–H and O–H groups in total. The molecule has 2 fully saturated rings. The van der Waals surface area contributed by atoms with Gasteiger partial charge in [-0.3, -0.25) is 4.79 Å². The molecular weight excluding hydrogens is 350 g/mol. The topological polar surface area (TPSA) is 70.7 Å². The molecule has 0 radical (unpaired) electrons. The van der Waals surface area contributed by atoms with Crippen molar-refractivity contribution in [2.24, 2.45) is 0 Å². The summed E-state index contributed by atoms with van der Waals surface area (Å²) >= 11 is 1.94. The number of nitrogens with zero attached hydrogens (tertiary/aromatic N) is 1. The molecule has 2 aliphatic heterocycles. The van der Waals surface area contributed by atoms with E-state index in [9.17, 15) is 9.59 Å². The molecule has 2 saturated heterocycles. The van der Waals surface area contributed by atoms with E-state index >= 15 is 0 Å². The molecule has 1 atom stereocenters. The third-order valence-electron chi connectivity index (χ3n) is 4.97. The Labute approximate surface area is 159 Å². The number of ether oxygens (including phenoxy) is 1. The number of nitrogens with one attached hydrogen (secondary N) is 2. The van der Waals surface area contributed by atoms with E-state index in [0.717, 1.165) is 43.8 Å². The average molecular weight is 378 g/mol. The van der Waals surface area contributed by atoms with Crippen LogP contribution in [-0.4, -0.2) is 60.7 Å². The van der Waals surface area contributed by atoms with E-state index in [0.29, 0.717) is 23.8 Å². The molecule has 7 heteroatoms. The second kappa shape index (κ2) is 9.28. The molecule has 6 nitrogen and oxygen atoms in total. The van der Waals surface area contributed by atoms with Crippen LogP contribution in [0.5, 0.6) is 0 Å². The van der Waals surface area contributed by atoms with Gasteiger partial charge in [0.15, 0.2) is 0 Å². The molecule has 3 amide bonds. The first-order chi connectivity index (χ1) is 12.6. The van der Waals surface area contributed by atoms with Crippen molar-refractivity contribution in [3.8, 4) is 0 Å². The van der Waals surface area contributed by atoms with Gasteiger partial charge in [-0.1, -0.05) is 0 Å². The minimum absolute atomic E-state index is 0.0996. The zero-order valence-electron chi connectivity index (χ0n) is 15.2. The van der Waals surface area contributed by atoms with Gasteiger partial charge in [-0.2, -0.15) is 11.8 Å². The lowest BCUT2D eigenvalue weighted by atomic mass is 10.1. The van der Waals surface area contributed by atoms with Crippen LogP contribution in [0.3, 0.4) is 0 Å². The van der Waals surface area contributed by atoms with Gasteiger partial charge >= 0.3 is 6.03 Å². The smallest absolute Gasteiger partial charge is 0.321 e. The number of anilines is 1. The lowest BCUT2D eigenvalue weighted by Gasteiger charge is -2.31. The summed E-state index contributed by atoms with van der Waals surface area (Å²) in [6.07, 6.45) is 4.27. The van der Waals surface area contributed by atoms with E-state index in [-0.39, 0.29) is 18.0 Å². The van der Waals surface area contributed by atoms with Crippen molar-refractivity contribution in [2.75, 3.05) is 37.0 Å². The number of amides is 3. The van der Waals surface area contributed by atoms with E-state index in [1.54, 1.807) is 29.2 Å². The standard InChI is InChI=1S/C19H27N3O3S/c1-22(16-8-11-26-12-9-16)19(24)21-15-6-4-14(5-7-15)18(23)20-13-17-3-2-10-25-17/h4-7,16-17H,2-3,8-13H2,1H3,(H,20,23)(H,21,24). The summed E-state index contributed by atoms with van der Waals surface area (Å²) in [7, 11) is 1.85. The number of thioether (sulfide) groups is 1. The van der Waals surface area contributed by atoms with Gasteiger partial charge in [-0.25, -0.2) is 4.79 Å². The summed E-state index contributed by atoms with van der Waals surface area (Å²) in [6.45, 7) is 1.32. The molecule has 1 unspecified atom stereocenters. The first-order valence-electron chi connectivity index (χ1n) is 9.25. The maximum Gasteiger partial charge on any atom is 0.321 e. The SMILES string of the molecule is CN(C(=O)Nc1ccc(C(=O)NCC2CCCO2)cc1)C1CCSCC1. The summed E-state index contributed by atoms with van der Waals surface area (Å²) in [6, 6.07) is 7.21. The first-order valence-corrected chi connectivity index (χ1v) is 10.4. The van der Waals surface area contributed by atoms with Crippen molar-refractivity contribution < 1.29 is 14.3 Å². The normalized spacial score (nSPS) is 20.6. The number of carbonyl (C=O) groups is 2. The van der Waals surface area contributed by atoms with Gasteiger partial charge in [-0.15, -0.1) is 0 Å². The van der Waals surface area contributed by atoms with Crippen molar-refractivity contribution in [2.45, 2.75) is 37.8 Å². The Balaban J connectivity index is 1.48. The number of urea groups is 1. The van der Waals surface area contributed by atoms with Crippen molar-refractivity contribution in [3.63, 3.8) is 0 Å². The fourth-order valence-electron chi connectivity index (χ4n) is 3.27. The minimum atomic E-state index is -0.116. The molecule has 0 bridgehead atoms. The maximum absolute atomic E-state index is 12.4. The first kappa shape index (κ1) is 19.0. The third kappa shape index (κ3) is 5.14. The Morgan fingerprint density at radius 3 is 2.58 bits per heavy atom. The monoisotopic (exact) mass is 377 g/mol. The van der Waals surface area contributed by atoms with Crippen LogP contribution >= 0.6 is 11.8 Å². The Hall–Kier alpha value is -1.73. The van der Waals surface area contributed by atoms with Gasteiger partial charge in [0.25, 0.3) is 5.91 Å². The van der Waals surface area contributed by atoms with Gasteiger partial charge in [-0.05, 0) is 61.5 Å². The molecule has 2 heterocycles. The summed E-state index contributed by atoms with van der Waals surface area (Å²) in [5, 5.41) is 5.81. The Morgan fingerprint density at radius 1 is 1.19 bits per heavy atom. The lowest BCUT2D eigenvalue weighted by molar-refractivity contribution is 0.0858. The number of hydrogen-bond donors (Lipinski definition) is 2. The molecule has 26 heavy (non-hydrogen) atoms. The third-order valence-corrected chi connectivity index (χ3v) is 6.02. The van der Waals surface area contributed by atoms with Crippen LogP contribution < -0.4 is 10.6 Å². The average Bonchev–Trinajstić information content (AvgIpc) is 3.20. The summed E-state index contributed by atoms with van der Waals surface area (Å²) in [5.41, 5.74) is 1.28. The lowest BCUT2D eigenvalue weighted by Crippen LogP contribution is -2.41. The molecule has 0 saturated carbocycles. The molecule has 2 aliphatic rings. The quantitative estimate of drug-likeness (QED) is 0.828. The van der Waals surface area contributed by atoms with Crippen LogP contribution in [-0.2, 0) is 4.74 Å². The van der Waals surface area contributed by atoms with Crippen LogP contribution in [0, 0.1) is 0 Å². The predicted octanol–water partition coefficient (Wildman–Crippen LogP) is 2.95. The highest BCUT2D eigenvalue weighted by molar-refractivity contribution is 7.99. The fourth-order valence-corrected chi connectivity index (χ4v) is 4.35. The molecular formula is C19H27N3O3S. The maximum atomic E-state index is 12.4. The molecule has 1 aromatic rings. The van der Waals surface area contributed by atoms with E-state index in [1.165, 1.54) is 0 Å². The highest BCUT2D eigenvalue weighted by Gasteiger charge is 2.22. The number of carbonyl (C=O) groups excluding carboxylic acids is 2. The van der Waals surface area contributed by atoms with Crippen LogP contribution in [0.25, 0.3) is 0 Å². The van der Waals surface area contributed by atoms with Crippen LogP contribution in [0.4, 0.5) is 10.5 Å². The molecule has 1 aromatic carbocycles. The number of benzene rings is 1. The van der Waals surface area contributed by atoms with E-state index in [2.05, 4.69) is 10.6 Å². The van der Waals surface area contributed by atoms with E-state index in [4.69, 9.17) is 4.74 Å². The number of rotatable bonds is 5. The van der Waals surface area contributed by atoms with Gasteiger partial charge in [0.2, 0.25) is 0 Å². The molecule has 142 valence electrons. The molecule has 0 spiro atoms. The highest BCUT2D eigenvalue weighted by Crippen LogP contribution is 2.21. The van der Waals surface area contributed by atoms with Crippen LogP contribution in [0.2, 0.25) is 0 Å². The zero-order chi connectivity index (χ0) is 18.4. The van der Waals surface area contributed by atoms with Crippen LogP contribution in [0.15, 0.2) is 24.3 Å². The second-order valence-electron chi connectivity index (χ2n) is 6.81. The predicted molar refractivity (Wildman–Crippen MR) is 105 cm³/mol. The minimum Gasteiger partial charge on any atom is -0.376 e. The second-order valence-corrected chi connectivity index (χ2v) is 8.03. The van der Waals surface area contributed by atoms with Gasteiger partial charge < -0.3 is 20.3 Å². The van der Waals surface area contributed by atoms with E-state index < -0.39 is 0 Å². The van der Waals surface area contributed by atoms with Crippen molar-refractivity contribution in [1.29, 1.82) is 0 Å². The molecule has 3 rings (SSSR count). The van der Waals surface area contributed by atoms with Crippen molar-refractivity contribution >= 4 is 29.4 Å². The summed E-state index contributed by atoms with van der Waals surface area (Å²) < 4.78 is 5.51. The Bertz CT molecular complexity index is 611. The summed E-state index contributed by atoms with van der Waals surface area (Å²) in [4.78, 5) is 26.4. The van der Waals surface area contributed by atoms with Crippen molar-refractivity contribution in [3.05, 3.63) is 29.8 Å². The Morgan fingerprint density at radius 2 is 1.92 bits per heavy atom.